The summed E-state index contributed by atoms with van der Waals surface area (Å²) in [6, 6.07) is 15.5. The molecule has 0 aliphatic rings. The Morgan fingerprint density at radius 2 is 1.62 bits per heavy atom. The molecule has 0 fully saturated rings. The van der Waals surface area contributed by atoms with Gasteiger partial charge in [0.15, 0.2) is 5.78 Å². The maximum Gasteiger partial charge on any atom is 0.340 e. The summed E-state index contributed by atoms with van der Waals surface area (Å²) < 4.78 is 7.52. The minimum atomic E-state index is -0.544. The molecule has 5 rings (SSSR count). The summed E-state index contributed by atoms with van der Waals surface area (Å²) in [7, 11) is 0. The highest BCUT2D eigenvalue weighted by Crippen LogP contribution is 2.38. The Hall–Kier alpha value is -3.71. The largest absolute Gasteiger partial charge is 0.462 e. The molecule has 0 unspecified atom stereocenters. The van der Waals surface area contributed by atoms with E-state index in [9.17, 15) is 14.4 Å². The van der Waals surface area contributed by atoms with Crippen molar-refractivity contribution < 1.29 is 14.3 Å². The fourth-order valence-electron chi connectivity index (χ4n) is 4.28. The second kappa shape index (κ2) is 7.46. The Kier molecular flexibility index (Phi) is 4.71. The number of hydrogen-bond acceptors (Lipinski definition) is 5. The lowest BCUT2D eigenvalue weighted by atomic mass is 9.91. The van der Waals surface area contributed by atoms with Crippen molar-refractivity contribution in [3.05, 3.63) is 92.3 Å². The van der Waals surface area contributed by atoms with E-state index in [0.717, 1.165) is 4.47 Å². The molecule has 2 N–H and O–H groups in total. The Morgan fingerprint density at radius 3 is 2.31 bits per heavy atom. The molecule has 0 spiro atoms. The Labute approximate surface area is 190 Å². The minimum absolute atomic E-state index is 0.0440. The van der Waals surface area contributed by atoms with Crippen LogP contribution in [0, 0.1) is 0 Å². The van der Waals surface area contributed by atoms with Crippen LogP contribution in [0.2, 0.25) is 0 Å². The van der Waals surface area contributed by atoms with Gasteiger partial charge < -0.3 is 10.5 Å². The van der Waals surface area contributed by atoms with Crippen LogP contribution in [-0.2, 0) is 4.74 Å². The Balaban J connectivity index is 1.97. The number of esters is 1. The molecule has 0 atom stereocenters. The van der Waals surface area contributed by atoms with Gasteiger partial charge in [-0.2, -0.15) is 0 Å². The van der Waals surface area contributed by atoms with Gasteiger partial charge in [-0.1, -0.05) is 34.1 Å². The molecule has 7 heteroatoms. The maximum atomic E-state index is 13.5. The summed E-state index contributed by atoms with van der Waals surface area (Å²) >= 11 is 3.36. The van der Waals surface area contributed by atoms with Crippen molar-refractivity contribution in [3.63, 3.8) is 0 Å². The molecule has 0 saturated carbocycles. The van der Waals surface area contributed by atoms with Gasteiger partial charge in [0.2, 0.25) is 0 Å². The normalized spacial score (nSPS) is 11.4. The van der Waals surface area contributed by atoms with Crippen LogP contribution in [-0.4, -0.2) is 22.8 Å². The van der Waals surface area contributed by atoms with Crippen molar-refractivity contribution in [2.45, 2.75) is 6.92 Å². The molecular formula is C25H17BrN2O4. The van der Waals surface area contributed by atoms with Gasteiger partial charge in [0, 0.05) is 37.8 Å². The number of carbonyl (C=O) groups is 2. The first-order valence-corrected chi connectivity index (χ1v) is 10.8. The molecule has 0 bridgehead atoms. The Morgan fingerprint density at radius 1 is 0.969 bits per heavy atom. The highest BCUT2D eigenvalue weighted by atomic mass is 79.9. The van der Waals surface area contributed by atoms with Crippen molar-refractivity contribution in [3.8, 4) is 0 Å². The van der Waals surface area contributed by atoms with Crippen molar-refractivity contribution in [1.82, 2.24) is 4.40 Å². The molecule has 6 nitrogen and oxygen atoms in total. The molecule has 0 aliphatic heterocycles. The van der Waals surface area contributed by atoms with E-state index in [1.54, 1.807) is 67.7 Å². The zero-order valence-corrected chi connectivity index (χ0v) is 18.6. The summed E-state index contributed by atoms with van der Waals surface area (Å²) in [6.07, 6.45) is 1.61. The van der Waals surface area contributed by atoms with Gasteiger partial charge in [-0.15, -0.1) is 0 Å². The topological polar surface area (TPSA) is 90.9 Å². The molecule has 5 aromatic rings. The molecule has 2 aromatic heterocycles. The maximum absolute atomic E-state index is 13.5. The average molecular weight is 489 g/mol. The number of nitrogen functional groups attached to an aromatic ring is 1. The number of hydrogen-bond donors (Lipinski definition) is 1. The van der Waals surface area contributed by atoms with Gasteiger partial charge in [-0.3, -0.25) is 14.0 Å². The highest BCUT2D eigenvalue weighted by Gasteiger charge is 2.26. The fraction of sp³-hybridized carbons (Fsp3) is 0.0800. The molecule has 0 saturated heterocycles. The minimum Gasteiger partial charge on any atom is -0.462 e. The van der Waals surface area contributed by atoms with Crippen LogP contribution in [0.3, 0.4) is 0 Å². The molecule has 32 heavy (non-hydrogen) atoms. The number of benzene rings is 3. The van der Waals surface area contributed by atoms with E-state index in [-0.39, 0.29) is 29.2 Å². The number of nitrogens with two attached hydrogens (primary N) is 1. The third-order valence-electron chi connectivity index (χ3n) is 5.64. The van der Waals surface area contributed by atoms with E-state index in [2.05, 4.69) is 15.9 Å². The van der Waals surface area contributed by atoms with Crippen molar-refractivity contribution in [2.75, 3.05) is 12.3 Å². The van der Waals surface area contributed by atoms with Crippen LogP contribution in [0.15, 0.2) is 70.1 Å². The second-order valence-corrected chi connectivity index (χ2v) is 8.31. The summed E-state index contributed by atoms with van der Waals surface area (Å²) in [5, 5.41) is 2.20. The van der Waals surface area contributed by atoms with E-state index >= 15 is 0 Å². The molecule has 3 aromatic carbocycles. The number of ether oxygens (including phenoxy) is 1. The molecular weight excluding hydrogens is 472 g/mol. The molecule has 0 radical (unpaired) electrons. The van der Waals surface area contributed by atoms with E-state index < -0.39 is 11.5 Å². The van der Waals surface area contributed by atoms with E-state index in [1.165, 1.54) is 4.40 Å². The predicted molar refractivity (Wildman–Crippen MR) is 128 cm³/mol. The number of aromatic nitrogens is 1. The van der Waals surface area contributed by atoms with E-state index in [1.807, 2.05) is 0 Å². The van der Waals surface area contributed by atoms with Crippen molar-refractivity contribution in [2.24, 2.45) is 0 Å². The molecule has 158 valence electrons. The van der Waals surface area contributed by atoms with Crippen molar-refractivity contribution in [1.29, 1.82) is 0 Å². The van der Waals surface area contributed by atoms with Crippen molar-refractivity contribution >= 4 is 60.4 Å². The Bertz CT molecular complexity index is 1600. The fourth-order valence-corrected chi connectivity index (χ4v) is 4.54. The first-order chi connectivity index (χ1) is 15.4. The van der Waals surface area contributed by atoms with Gasteiger partial charge >= 0.3 is 5.97 Å². The smallest absolute Gasteiger partial charge is 0.340 e. The number of carbonyl (C=O) groups excluding carboxylic acids is 2. The first kappa shape index (κ1) is 20.2. The lowest BCUT2D eigenvalue weighted by molar-refractivity contribution is 0.0530. The van der Waals surface area contributed by atoms with Gasteiger partial charge in [0.05, 0.1) is 28.9 Å². The molecule has 2 heterocycles. The van der Waals surface area contributed by atoms with Crippen LogP contribution in [0.4, 0.5) is 5.69 Å². The van der Waals surface area contributed by atoms with Crippen LogP contribution >= 0.6 is 15.9 Å². The molecule has 0 aliphatic carbocycles. The monoisotopic (exact) mass is 488 g/mol. The average Bonchev–Trinajstić information content (AvgIpc) is 2.79. The third kappa shape index (κ3) is 2.81. The number of anilines is 1. The van der Waals surface area contributed by atoms with E-state index in [0.29, 0.717) is 32.6 Å². The summed E-state index contributed by atoms with van der Waals surface area (Å²) in [6.45, 7) is 1.92. The number of rotatable bonds is 4. The zero-order chi connectivity index (χ0) is 22.6. The summed E-state index contributed by atoms with van der Waals surface area (Å²) in [5.74, 6) is -0.934. The van der Waals surface area contributed by atoms with Gasteiger partial charge in [0.25, 0.3) is 5.56 Å². The third-order valence-corrected chi connectivity index (χ3v) is 6.17. The lowest BCUT2D eigenvalue weighted by Gasteiger charge is -2.18. The van der Waals surface area contributed by atoms with E-state index in [4.69, 9.17) is 10.5 Å². The second-order valence-electron chi connectivity index (χ2n) is 7.39. The van der Waals surface area contributed by atoms with Gasteiger partial charge in [-0.05, 0) is 43.3 Å². The number of pyridine rings is 2. The lowest BCUT2D eigenvalue weighted by Crippen LogP contribution is -2.24. The SMILES string of the molecule is CCOC(=O)c1c(N)c2cccn3c(=O)c(C(=O)c4ccc(Br)cc4)c4cccc1c4c23. The quantitative estimate of drug-likeness (QED) is 0.170. The van der Waals surface area contributed by atoms with Gasteiger partial charge in [-0.25, -0.2) is 4.79 Å². The number of halogens is 1. The first-order valence-electron chi connectivity index (χ1n) is 10.0. The van der Waals surface area contributed by atoms with Gasteiger partial charge in [0.1, 0.15) is 0 Å². The summed E-state index contributed by atoms with van der Waals surface area (Å²) in [4.78, 5) is 39.8. The van der Waals surface area contributed by atoms with Crippen LogP contribution in [0.5, 0.6) is 0 Å². The highest BCUT2D eigenvalue weighted by molar-refractivity contribution is 9.10. The predicted octanol–water partition coefficient (Wildman–Crippen LogP) is 4.80. The van der Waals surface area contributed by atoms with Crippen LogP contribution in [0.25, 0.3) is 27.1 Å². The zero-order valence-electron chi connectivity index (χ0n) is 17.0. The van der Waals surface area contributed by atoms with Crippen LogP contribution in [0.1, 0.15) is 33.2 Å². The molecule has 0 amide bonds. The standard InChI is InChI=1S/C25H17BrN2O4/c1-2-32-25(31)19-15-5-3-6-16-18(15)22-17(21(19)27)7-4-12-28(22)24(30)20(16)23(29)13-8-10-14(26)11-9-13/h3-12H,2,27H2,1H3. The number of nitrogens with zero attached hydrogens (tertiary/aromatic N) is 1. The van der Waals surface area contributed by atoms with Crippen LogP contribution < -0.4 is 11.3 Å². The number of ketones is 1. The summed E-state index contributed by atoms with van der Waals surface area (Å²) in [5.41, 5.74) is 7.45.